The monoisotopic (exact) mass is 162 g/mol. The summed E-state index contributed by atoms with van der Waals surface area (Å²) in [5, 5.41) is 8.71. The molecule has 0 saturated carbocycles. The predicted molar refractivity (Wildman–Crippen MR) is 51.0 cm³/mol. The van der Waals surface area contributed by atoms with Crippen molar-refractivity contribution >= 4 is 0 Å². The van der Waals surface area contributed by atoms with E-state index in [1.165, 1.54) is 5.56 Å². The minimum atomic E-state index is 0.104. The zero-order valence-electron chi connectivity index (χ0n) is 7.16. The number of hydrogen-bond acceptors (Lipinski definition) is 1. The van der Waals surface area contributed by atoms with Crippen LogP contribution in [0.4, 0.5) is 0 Å². The zero-order chi connectivity index (χ0) is 8.81. The standard InChI is InChI=1S/C11H14O/c1-10(9-12)7-8-11-5-3-2-4-6-11/h2-6,12H,1,7-9H2. The Balaban J connectivity index is 2.38. The second kappa shape index (κ2) is 4.73. The summed E-state index contributed by atoms with van der Waals surface area (Å²) in [5.41, 5.74) is 2.20. The van der Waals surface area contributed by atoms with Crippen LogP contribution in [0.25, 0.3) is 0 Å². The van der Waals surface area contributed by atoms with E-state index in [0.717, 1.165) is 18.4 Å². The Kier molecular flexibility index (Phi) is 3.55. The SMILES string of the molecule is C=C(CO)CCc1ccccc1. The summed E-state index contributed by atoms with van der Waals surface area (Å²) in [7, 11) is 0. The molecule has 0 heterocycles. The highest BCUT2D eigenvalue weighted by Crippen LogP contribution is 2.06. The lowest BCUT2D eigenvalue weighted by Crippen LogP contribution is -1.91. The van der Waals surface area contributed by atoms with Crippen LogP contribution >= 0.6 is 0 Å². The van der Waals surface area contributed by atoms with Crippen LogP contribution < -0.4 is 0 Å². The van der Waals surface area contributed by atoms with Gasteiger partial charge in [-0.1, -0.05) is 42.5 Å². The molecule has 0 aromatic heterocycles. The largest absolute Gasteiger partial charge is 0.392 e. The second-order valence-corrected chi connectivity index (χ2v) is 2.89. The van der Waals surface area contributed by atoms with Crippen molar-refractivity contribution in [1.29, 1.82) is 0 Å². The quantitative estimate of drug-likeness (QED) is 0.673. The lowest BCUT2D eigenvalue weighted by atomic mass is 10.1. The van der Waals surface area contributed by atoms with Gasteiger partial charge in [0, 0.05) is 0 Å². The van der Waals surface area contributed by atoms with Gasteiger partial charge in [0.25, 0.3) is 0 Å². The molecule has 0 aliphatic carbocycles. The number of hydrogen-bond donors (Lipinski definition) is 1. The topological polar surface area (TPSA) is 20.2 Å². The number of rotatable bonds is 4. The number of benzene rings is 1. The number of aryl methyl sites for hydroxylation is 1. The highest BCUT2D eigenvalue weighted by molar-refractivity contribution is 5.16. The van der Waals surface area contributed by atoms with Crippen molar-refractivity contribution in [3.8, 4) is 0 Å². The van der Waals surface area contributed by atoms with E-state index in [1.807, 2.05) is 18.2 Å². The van der Waals surface area contributed by atoms with Gasteiger partial charge in [0.05, 0.1) is 6.61 Å². The fourth-order valence-electron chi connectivity index (χ4n) is 1.04. The normalized spacial score (nSPS) is 9.75. The molecule has 1 rings (SSSR count). The maximum Gasteiger partial charge on any atom is 0.0639 e. The van der Waals surface area contributed by atoms with Crippen molar-refractivity contribution in [1.82, 2.24) is 0 Å². The van der Waals surface area contributed by atoms with E-state index in [1.54, 1.807) is 0 Å². The Hall–Kier alpha value is -1.08. The van der Waals surface area contributed by atoms with Crippen LogP contribution in [0.15, 0.2) is 42.5 Å². The van der Waals surface area contributed by atoms with Crippen molar-refractivity contribution < 1.29 is 5.11 Å². The molecule has 1 N–H and O–H groups in total. The molecule has 0 amide bonds. The van der Waals surface area contributed by atoms with E-state index in [-0.39, 0.29) is 6.61 Å². The minimum Gasteiger partial charge on any atom is -0.392 e. The van der Waals surface area contributed by atoms with Crippen LogP contribution in [0.1, 0.15) is 12.0 Å². The van der Waals surface area contributed by atoms with Crippen LogP contribution in [0.2, 0.25) is 0 Å². The smallest absolute Gasteiger partial charge is 0.0639 e. The van der Waals surface area contributed by atoms with Gasteiger partial charge in [-0.15, -0.1) is 0 Å². The molecule has 0 radical (unpaired) electrons. The number of aliphatic hydroxyl groups is 1. The average Bonchev–Trinajstić information content (AvgIpc) is 2.16. The average molecular weight is 162 g/mol. The minimum absolute atomic E-state index is 0.104. The molecule has 1 heteroatoms. The van der Waals surface area contributed by atoms with Gasteiger partial charge < -0.3 is 5.11 Å². The van der Waals surface area contributed by atoms with E-state index in [9.17, 15) is 0 Å². The molecule has 1 aromatic carbocycles. The predicted octanol–water partition coefficient (Wildman–Crippen LogP) is 2.17. The second-order valence-electron chi connectivity index (χ2n) is 2.89. The van der Waals surface area contributed by atoms with Crippen LogP contribution in [0, 0.1) is 0 Å². The fourth-order valence-corrected chi connectivity index (χ4v) is 1.04. The van der Waals surface area contributed by atoms with Crippen molar-refractivity contribution in [3.05, 3.63) is 48.0 Å². The molecular formula is C11H14O. The molecule has 1 nitrogen and oxygen atoms in total. The van der Waals surface area contributed by atoms with Gasteiger partial charge in [0.15, 0.2) is 0 Å². The highest BCUT2D eigenvalue weighted by Gasteiger charge is 1.93. The zero-order valence-corrected chi connectivity index (χ0v) is 7.16. The van der Waals surface area contributed by atoms with Crippen molar-refractivity contribution in [2.24, 2.45) is 0 Å². The third kappa shape index (κ3) is 2.89. The summed E-state index contributed by atoms with van der Waals surface area (Å²) in [6.45, 7) is 3.84. The lowest BCUT2D eigenvalue weighted by molar-refractivity contribution is 0.327. The molecule has 0 aliphatic rings. The van der Waals surface area contributed by atoms with Gasteiger partial charge in [-0.2, -0.15) is 0 Å². The van der Waals surface area contributed by atoms with Crippen LogP contribution in [-0.2, 0) is 6.42 Å². The summed E-state index contributed by atoms with van der Waals surface area (Å²) in [6.07, 6.45) is 1.85. The molecule has 0 atom stereocenters. The van der Waals surface area contributed by atoms with Gasteiger partial charge >= 0.3 is 0 Å². The van der Waals surface area contributed by atoms with Crippen molar-refractivity contribution in [2.45, 2.75) is 12.8 Å². The fraction of sp³-hybridized carbons (Fsp3) is 0.273. The molecule has 0 bridgehead atoms. The van der Waals surface area contributed by atoms with Crippen LogP contribution in [0.3, 0.4) is 0 Å². The molecule has 0 spiro atoms. The van der Waals surface area contributed by atoms with E-state index < -0.39 is 0 Å². The lowest BCUT2D eigenvalue weighted by Gasteiger charge is -2.01. The van der Waals surface area contributed by atoms with Gasteiger partial charge in [0.1, 0.15) is 0 Å². The molecule has 0 fully saturated rings. The first-order chi connectivity index (χ1) is 5.83. The first kappa shape index (κ1) is 9.01. The van der Waals surface area contributed by atoms with Crippen LogP contribution in [-0.4, -0.2) is 11.7 Å². The number of aliphatic hydroxyl groups excluding tert-OH is 1. The maximum atomic E-state index is 8.71. The summed E-state index contributed by atoms with van der Waals surface area (Å²) in [5.74, 6) is 0. The molecule has 0 saturated heterocycles. The van der Waals surface area contributed by atoms with E-state index in [0.29, 0.717) is 0 Å². The Morgan fingerprint density at radius 3 is 2.50 bits per heavy atom. The molecule has 12 heavy (non-hydrogen) atoms. The van der Waals surface area contributed by atoms with Gasteiger partial charge in [-0.05, 0) is 18.4 Å². The maximum absolute atomic E-state index is 8.71. The molecule has 0 unspecified atom stereocenters. The van der Waals surface area contributed by atoms with Gasteiger partial charge in [0.2, 0.25) is 0 Å². The van der Waals surface area contributed by atoms with Gasteiger partial charge in [-0.25, -0.2) is 0 Å². The Morgan fingerprint density at radius 2 is 1.92 bits per heavy atom. The third-order valence-corrected chi connectivity index (χ3v) is 1.83. The van der Waals surface area contributed by atoms with E-state index >= 15 is 0 Å². The Morgan fingerprint density at radius 1 is 1.25 bits per heavy atom. The first-order valence-electron chi connectivity index (χ1n) is 4.14. The first-order valence-corrected chi connectivity index (χ1v) is 4.14. The molecule has 1 aromatic rings. The molecular weight excluding hydrogens is 148 g/mol. The van der Waals surface area contributed by atoms with Crippen molar-refractivity contribution in [3.63, 3.8) is 0 Å². The van der Waals surface area contributed by atoms with Crippen molar-refractivity contribution in [2.75, 3.05) is 6.61 Å². The summed E-state index contributed by atoms with van der Waals surface area (Å²) >= 11 is 0. The van der Waals surface area contributed by atoms with Gasteiger partial charge in [-0.3, -0.25) is 0 Å². The summed E-state index contributed by atoms with van der Waals surface area (Å²) in [6, 6.07) is 10.2. The van der Waals surface area contributed by atoms with E-state index in [4.69, 9.17) is 5.11 Å². The third-order valence-electron chi connectivity index (χ3n) is 1.83. The molecule has 0 aliphatic heterocycles. The van der Waals surface area contributed by atoms with Crippen LogP contribution in [0.5, 0.6) is 0 Å². The highest BCUT2D eigenvalue weighted by atomic mass is 16.3. The Bertz CT molecular complexity index is 238. The summed E-state index contributed by atoms with van der Waals surface area (Å²) in [4.78, 5) is 0. The summed E-state index contributed by atoms with van der Waals surface area (Å²) < 4.78 is 0. The molecule has 64 valence electrons. The van der Waals surface area contributed by atoms with E-state index in [2.05, 4.69) is 18.7 Å². The Labute approximate surface area is 73.4 Å².